The monoisotopic (exact) mass is 484 g/mol. The summed E-state index contributed by atoms with van der Waals surface area (Å²) in [6.07, 6.45) is 1.31. The number of nitriles is 2. The van der Waals surface area contributed by atoms with Gasteiger partial charge in [-0.15, -0.1) is 6.58 Å². The molecule has 1 aliphatic carbocycles. The van der Waals surface area contributed by atoms with E-state index in [0.717, 1.165) is 5.56 Å². The van der Waals surface area contributed by atoms with Crippen LogP contribution >= 0.6 is 0 Å². The summed E-state index contributed by atoms with van der Waals surface area (Å²) < 4.78 is 0. The normalized spacial score (nSPS) is 22.4. The number of anilines is 1. The van der Waals surface area contributed by atoms with Crippen LogP contribution in [0.3, 0.4) is 0 Å². The summed E-state index contributed by atoms with van der Waals surface area (Å²) in [7, 11) is 0. The quantitative estimate of drug-likeness (QED) is 0.229. The average Bonchev–Trinajstić information content (AvgIpc) is 3.42. The van der Waals surface area contributed by atoms with E-state index in [9.17, 15) is 25.4 Å². The third kappa shape index (κ3) is 3.32. The highest BCUT2D eigenvalue weighted by Crippen LogP contribution is 2.63. The first-order valence-electron chi connectivity index (χ1n) is 11.6. The molecule has 1 fully saturated rings. The van der Waals surface area contributed by atoms with Gasteiger partial charge in [-0.25, -0.2) is 0 Å². The molecule has 0 bridgehead atoms. The maximum absolute atomic E-state index is 13.9. The fraction of sp³-hybridized carbons (Fsp3) is 0.167. The predicted octanol–water partition coefficient (Wildman–Crippen LogP) is 4.83. The van der Waals surface area contributed by atoms with Gasteiger partial charge in [0.15, 0.2) is 5.41 Å². The molecule has 3 aromatic carbocycles. The van der Waals surface area contributed by atoms with Gasteiger partial charge in [-0.2, -0.15) is 10.5 Å². The molecule has 0 N–H and O–H groups in total. The topological polar surface area (TPSA) is 111 Å². The number of carbonyl (C=O) groups excluding carboxylic acids is 1. The molecule has 0 unspecified atom stereocenters. The summed E-state index contributed by atoms with van der Waals surface area (Å²) >= 11 is 0. The highest BCUT2D eigenvalue weighted by molar-refractivity contribution is 6.08. The van der Waals surface area contributed by atoms with Crippen LogP contribution in [0, 0.1) is 56.0 Å². The molecule has 3 atom stereocenters. The van der Waals surface area contributed by atoms with Crippen LogP contribution in [-0.4, -0.2) is 16.9 Å². The van der Waals surface area contributed by atoms with Crippen LogP contribution in [0.2, 0.25) is 0 Å². The van der Waals surface area contributed by atoms with Crippen LogP contribution in [0.5, 0.6) is 0 Å². The van der Waals surface area contributed by atoms with Gasteiger partial charge in [0.25, 0.3) is 11.4 Å². The molecule has 1 amide bonds. The molecule has 1 heterocycles. The fourth-order valence-electron chi connectivity index (χ4n) is 5.69. The molecule has 7 heteroatoms. The number of hydrogen-bond donors (Lipinski definition) is 0. The largest absolute Gasteiger partial charge is 0.294 e. The lowest BCUT2D eigenvalue weighted by molar-refractivity contribution is -0.585. The van der Waals surface area contributed by atoms with Crippen LogP contribution in [-0.2, 0) is 5.54 Å². The van der Waals surface area contributed by atoms with Crippen molar-refractivity contribution in [2.75, 3.05) is 4.90 Å². The minimum absolute atomic E-state index is 0.118. The zero-order valence-corrected chi connectivity index (χ0v) is 19.7. The Bertz CT molecular complexity index is 1560. The highest BCUT2D eigenvalue weighted by Gasteiger charge is 2.78. The summed E-state index contributed by atoms with van der Waals surface area (Å²) in [5.74, 6) is 4.72. The molecule has 0 saturated heterocycles. The fourth-order valence-corrected chi connectivity index (χ4v) is 5.69. The summed E-state index contributed by atoms with van der Waals surface area (Å²) in [6.45, 7) is 3.81. The van der Waals surface area contributed by atoms with E-state index in [-0.39, 0.29) is 12.0 Å². The summed E-state index contributed by atoms with van der Waals surface area (Å²) in [4.78, 5) is 27.7. The Morgan fingerprint density at radius 3 is 2.22 bits per heavy atom. The Kier molecular flexibility index (Phi) is 5.59. The van der Waals surface area contributed by atoms with Crippen molar-refractivity contribution in [1.82, 2.24) is 0 Å². The molecule has 5 rings (SSSR count). The minimum atomic E-state index is -1.93. The van der Waals surface area contributed by atoms with Crippen molar-refractivity contribution < 1.29 is 9.72 Å². The first kappa shape index (κ1) is 23.5. The number of carbonyl (C=O) groups is 1. The number of fused-ring (bicyclic) bond motifs is 3. The van der Waals surface area contributed by atoms with E-state index in [1.165, 1.54) is 11.0 Å². The number of amides is 1. The summed E-state index contributed by atoms with van der Waals surface area (Å²) in [5.41, 5.74) is -1.60. The molecule has 1 saturated carbocycles. The number of nitrogens with zero attached hydrogens (tertiary/aromatic N) is 4. The number of rotatable bonds is 3. The molecule has 178 valence electrons. The maximum atomic E-state index is 13.9. The molecule has 3 aromatic rings. The zero-order valence-electron chi connectivity index (χ0n) is 19.7. The van der Waals surface area contributed by atoms with Gasteiger partial charge in [-0.1, -0.05) is 54.3 Å². The molecule has 2 aliphatic rings. The molecule has 0 radical (unpaired) electrons. The third-order valence-electron chi connectivity index (χ3n) is 7.29. The van der Waals surface area contributed by atoms with Gasteiger partial charge in [0, 0.05) is 21.6 Å². The number of benzene rings is 3. The van der Waals surface area contributed by atoms with Crippen molar-refractivity contribution in [1.29, 1.82) is 10.5 Å². The molecule has 37 heavy (non-hydrogen) atoms. The van der Waals surface area contributed by atoms with Gasteiger partial charge in [0.05, 0.1) is 29.3 Å². The van der Waals surface area contributed by atoms with E-state index in [0.29, 0.717) is 16.8 Å². The second-order valence-corrected chi connectivity index (χ2v) is 9.12. The van der Waals surface area contributed by atoms with E-state index < -0.39 is 33.7 Å². The van der Waals surface area contributed by atoms with Gasteiger partial charge in [0.1, 0.15) is 6.04 Å². The van der Waals surface area contributed by atoms with Gasteiger partial charge >= 0.3 is 0 Å². The predicted molar refractivity (Wildman–Crippen MR) is 137 cm³/mol. The average molecular weight is 485 g/mol. The standard InChI is InChI=1S/C30H20N4O3/c1-2-24-18-29(19-31,20-32)28-30(24,34(36)37)25-17-22(14-13-21-9-5-3-6-10-21)15-16-26(25)33(28)27(35)23-11-7-4-8-12-23/h2-12,15-17,24,28H,1,18H2/t24-,28-,30+/m1/s1. The molecule has 0 aromatic heterocycles. The van der Waals surface area contributed by atoms with Gasteiger partial charge < -0.3 is 0 Å². The van der Waals surface area contributed by atoms with E-state index in [1.54, 1.807) is 48.5 Å². The molecule has 0 spiro atoms. The van der Waals surface area contributed by atoms with Crippen molar-refractivity contribution >= 4 is 11.6 Å². The maximum Gasteiger partial charge on any atom is 0.278 e. The summed E-state index contributed by atoms with van der Waals surface area (Å²) in [5, 5.41) is 33.4. The van der Waals surface area contributed by atoms with E-state index >= 15 is 0 Å². The van der Waals surface area contributed by atoms with Gasteiger partial charge in [-0.3, -0.25) is 19.8 Å². The number of nitro groups is 1. The zero-order chi connectivity index (χ0) is 26.2. The Balaban J connectivity index is 1.78. The lowest BCUT2D eigenvalue weighted by Gasteiger charge is -2.32. The molecule has 1 aliphatic heterocycles. The van der Waals surface area contributed by atoms with Crippen molar-refractivity contribution in [3.8, 4) is 24.0 Å². The Hall–Kier alpha value is -5.19. The number of hydrogen-bond acceptors (Lipinski definition) is 5. The van der Waals surface area contributed by atoms with Crippen LogP contribution in [0.15, 0.2) is 91.5 Å². The SMILES string of the molecule is C=C[C@@H]1CC(C#N)(C#N)[C@H]2N(C(=O)c3ccccc3)c3ccc(C#Cc4ccccc4)cc3[C@@]12[N+](=O)[O-]. The van der Waals surface area contributed by atoms with Gasteiger partial charge in [-0.05, 0) is 48.9 Å². The van der Waals surface area contributed by atoms with E-state index in [1.807, 2.05) is 42.5 Å². The van der Waals surface area contributed by atoms with Crippen molar-refractivity contribution in [3.63, 3.8) is 0 Å². The third-order valence-corrected chi connectivity index (χ3v) is 7.29. The first-order valence-corrected chi connectivity index (χ1v) is 11.6. The Labute approximate surface area is 214 Å². The van der Waals surface area contributed by atoms with E-state index in [2.05, 4.69) is 18.4 Å². The van der Waals surface area contributed by atoms with Crippen molar-refractivity contribution in [3.05, 3.63) is 124 Å². The van der Waals surface area contributed by atoms with Gasteiger partial charge in [0.2, 0.25) is 0 Å². The molecular weight excluding hydrogens is 464 g/mol. The minimum Gasteiger partial charge on any atom is -0.294 e. The lowest BCUT2D eigenvalue weighted by Crippen LogP contribution is -2.55. The smallest absolute Gasteiger partial charge is 0.278 e. The lowest BCUT2D eigenvalue weighted by atomic mass is 9.77. The second kappa shape index (κ2) is 8.79. The Morgan fingerprint density at radius 1 is 1.00 bits per heavy atom. The van der Waals surface area contributed by atoms with Crippen LogP contribution in [0.1, 0.15) is 33.5 Å². The van der Waals surface area contributed by atoms with Crippen LogP contribution in [0.4, 0.5) is 5.69 Å². The van der Waals surface area contributed by atoms with Crippen LogP contribution in [0.25, 0.3) is 0 Å². The highest BCUT2D eigenvalue weighted by atomic mass is 16.6. The summed E-state index contributed by atoms with van der Waals surface area (Å²) in [6, 6.07) is 25.3. The Morgan fingerprint density at radius 2 is 1.62 bits per heavy atom. The first-order chi connectivity index (χ1) is 17.9. The second-order valence-electron chi connectivity index (χ2n) is 9.12. The molecular formula is C30H20N4O3. The van der Waals surface area contributed by atoms with E-state index in [4.69, 9.17) is 0 Å². The molecule has 7 nitrogen and oxygen atoms in total. The van der Waals surface area contributed by atoms with Crippen molar-refractivity contribution in [2.45, 2.75) is 18.0 Å². The van der Waals surface area contributed by atoms with Crippen molar-refractivity contribution in [2.24, 2.45) is 11.3 Å². The van der Waals surface area contributed by atoms with Crippen LogP contribution < -0.4 is 4.90 Å².